The Labute approximate surface area is 310 Å². The van der Waals surface area contributed by atoms with Crippen LogP contribution < -0.4 is 58.8 Å². The van der Waals surface area contributed by atoms with E-state index < -0.39 is 12.2 Å². The van der Waals surface area contributed by atoms with Crippen molar-refractivity contribution in [3.05, 3.63) is 120 Å². The highest BCUT2D eigenvalue weighted by molar-refractivity contribution is 5.78. The third-order valence-electron chi connectivity index (χ3n) is 5.84. The minimum atomic E-state index is -0.476. The van der Waals surface area contributed by atoms with Crippen molar-refractivity contribution in [3.8, 4) is 0 Å². The third kappa shape index (κ3) is 14.2. The molecule has 0 unspecified atom stereocenters. The number of hydrogen-bond donors (Lipinski definition) is 0. The van der Waals surface area contributed by atoms with Crippen molar-refractivity contribution < 1.29 is 87.4 Å². The van der Waals surface area contributed by atoms with E-state index in [-0.39, 0.29) is 70.3 Å². The lowest BCUT2D eigenvalue weighted by molar-refractivity contribution is -0.118. The van der Waals surface area contributed by atoms with Crippen LogP contribution >= 0.6 is 0 Å². The second kappa shape index (κ2) is 22.6. The molecule has 4 heterocycles. The van der Waals surface area contributed by atoms with E-state index in [1.807, 2.05) is 43.6 Å². The van der Waals surface area contributed by atoms with E-state index in [9.17, 15) is 19.2 Å². The number of hydrogen-bond acceptors (Lipinski definition) is 8. The predicted octanol–water partition coefficient (Wildman–Crippen LogP) is -6.95. The topological polar surface area (TPSA) is 99.7 Å². The fraction of sp³-hybridized carbons (Fsp3) is 0.273. The van der Waals surface area contributed by atoms with Gasteiger partial charge in [-0.2, -0.15) is 19.4 Å². The summed E-state index contributed by atoms with van der Waals surface area (Å²) in [6, 6.07) is 0. The monoisotopic (exact) mass is 810 g/mol. The zero-order valence-electron chi connectivity index (χ0n) is 26.4. The van der Waals surface area contributed by atoms with Gasteiger partial charge in [-0.1, -0.05) is 9.80 Å². The summed E-state index contributed by atoms with van der Waals surface area (Å²) < 4.78 is 9.82. The van der Waals surface area contributed by atoms with E-state index in [0.29, 0.717) is 26.3 Å². The van der Waals surface area contributed by atoms with Gasteiger partial charge in [-0.25, -0.2) is 0 Å². The lowest BCUT2D eigenvalue weighted by Crippen LogP contribution is -3.00. The standard InChI is InChI=1S/C17H18N2O4.C16H16N2O2.2BrH.2ClH/c1-4-22-16(20)18-9-6-14(7-10-18)15-8-11-19(12-13(15)3)17(21)23-5-2;1-13(19)11-17-7-3-15(4-8-17)16-5-9-18(10-6-16)12-14(2)20;;;;/h6-9,11H,4-5H2,1-3H3;3-7,9H,11-12H2,1-2H3;4*1H/q2*+2;;;;/p-4. The maximum Gasteiger partial charge on any atom is 0.508 e. The van der Waals surface area contributed by atoms with E-state index in [1.54, 1.807) is 68.1 Å². The van der Waals surface area contributed by atoms with Crippen LogP contribution in [0.15, 0.2) is 95.2 Å². The van der Waals surface area contributed by atoms with E-state index in [0.717, 1.165) is 27.9 Å². The Bertz CT molecular complexity index is 1350. The van der Waals surface area contributed by atoms with Gasteiger partial charge in [0.2, 0.25) is 0 Å². The van der Waals surface area contributed by atoms with Crippen LogP contribution in [0.4, 0.5) is 9.59 Å². The molecule has 0 saturated heterocycles. The van der Waals surface area contributed by atoms with Crippen LogP contribution in [0.1, 0.15) is 34.6 Å². The molecule has 4 aliphatic rings. The molecule has 250 valence electrons. The predicted molar refractivity (Wildman–Crippen MR) is 159 cm³/mol. The van der Waals surface area contributed by atoms with Crippen LogP contribution in [0.3, 0.4) is 0 Å². The first kappa shape index (κ1) is 45.2. The molecule has 14 heteroatoms. The lowest BCUT2D eigenvalue weighted by atomic mass is 9.98. The molecule has 0 radical (unpaired) electrons. The fourth-order valence-electron chi connectivity index (χ4n) is 3.89. The summed E-state index contributed by atoms with van der Waals surface area (Å²) in [4.78, 5) is 51.2. The van der Waals surface area contributed by atoms with Crippen LogP contribution in [0.2, 0.25) is 0 Å². The number of Topliss-reactive ketones (excluding diaryl/α,β-unsaturated/α-hetero) is 2. The van der Waals surface area contributed by atoms with E-state index >= 15 is 0 Å². The van der Waals surface area contributed by atoms with Crippen molar-refractivity contribution >= 4 is 23.8 Å². The summed E-state index contributed by atoms with van der Waals surface area (Å²) in [6.45, 7) is 9.72. The van der Waals surface area contributed by atoms with E-state index in [4.69, 9.17) is 9.47 Å². The number of ether oxygens (including phenoxy) is 2. The van der Waals surface area contributed by atoms with Gasteiger partial charge in [-0.3, -0.25) is 9.59 Å². The highest BCUT2D eigenvalue weighted by Gasteiger charge is 2.29. The van der Waals surface area contributed by atoms with Crippen LogP contribution in [-0.4, -0.2) is 69.7 Å². The van der Waals surface area contributed by atoms with E-state index in [2.05, 4.69) is 24.8 Å². The van der Waals surface area contributed by atoms with Crippen LogP contribution in [-0.2, 0) is 19.1 Å². The fourth-order valence-corrected chi connectivity index (χ4v) is 3.89. The summed E-state index contributed by atoms with van der Waals surface area (Å²) in [6.07, 6.45) is 30.5. The minimum Gasteiger partial charge on any atom is -1.00 e. The number of carbonyl (C=O) groups excluding carboxylic acids is 4. The van der Waals surface area contributed by atoms with Gasteiger partial charge in [0.15, 0.2) is 22.7 Å². The number of ketones is 2. The number of halogens is 4. The highest BCUT2D eigenvalue weighted by atomic mass is 79.9. The minimum absolute atomic E-state index is 0. The molecular formula is C33H34Br2Cl2N4O6. The zero-order valence-corrected chi connectivity index (χ0v) is 31.1. The van der Waals surface area contributed by atoms with Crippen molar-refractivity contribution in [1.82, 2.24) is 19.6 Å². The smallest absolute Gasteiger partial charge is 0.508 e. The van der Waals surface area contributed by atoms with Gasteiger partial charge in [0, 0.05) is 0 Å². The number of rotatable bonds is 6. The van der Waals surface area contributed by atoms with Gasteiger partial charge < -0.3 is 68.3 Å². The molecule has 0 spiro atoms. The number of amides is 2. The average Bonchev–Trinajstić information content (AvgIpc) is 2.98. The van der Waals surface area contributed by atoms with Gasteiger partial charge in [0.05, 0.1) is 24.3 Å². The van der Waals surface area contributed by atoms with Gasteiger partial charge in [-0.05, 0) is 34.6 Å². The Kier molecular flexibility index (Phi) is 21.7. The molecule has 10 nitrogen and oxygen atoms in total. The Morgan fingerprint density at radius 1 is 0.638 bits per heavy atom. The molecule has 0 saturated carbocycles. The van der Waals surface area contributed by atoms with E-state index in [1.165, 1.54) is 9.80 Å². The Hall–Kier alpha value is -3.94. The molecule has 0 aromatic heterocycles. The summed E-state index contributed by atoms with van der Waals surface area (Å²) in [5.41, 5.74) is 4.52. The molecule has 47 heavy (non-hydrogen) atoms. The number of allylic oxidation sites excluding steroid dienone is 12. The quantitative estimate of drug-likeness (QED) is 0.245. The summed E-state index contributed by atoms with van der Waals surface area (Å²) in [5.74, 6) is 0.189. The summed E-state index contributed by atoms with van der Waals surface area (Å²) >= 11 is 0. The molecule has 0 aromatic carbocycles. The normalized spacial score (nSPS) is 17.8. The molecule has 0 fully saturated rings. The molecular weight excluding hydrogens is 779 g/mol. The van der Waals surface area contributed by atoms with Crippen LogP contribution in [0.5, 0.6) is 0 Å². The Balaban J connectivity index is 0. The van der Waals surface area contributed by atoms with Crippen molar-refractivity contribution in [1.29, 1.82) is 0 Å². The van der Waals surface area contributed by atoms with Crippen molar-refractivity contribution in [3.63, 3.8) is 0 Å². The van der Waals surface area contributed by atoms with Gasteiger partial charge >= 0.3 is 12.2 Å². The van der Waals surface area contributed by atoms with Crippen molar-refractivity contribution in [2.45, 2.75) is 34.6 Å². The first-order chi connectivity index (χ1) is 20.6. The van der Waals surface area contributed by atoms with Crippen LogP contribution in [0, 0.1) is 24.8 Å². The molecule has 4 aliphatic heterocycles. The van der Waals surface area contributed by atoms with Gasteiger partial charge in [-0.15, -0.1) is 0 Å². The second-order valence-electron chi connectivity index (χ2n) is 9.40. The molecule has 4 rings (SSSR count). The van der Waals surface area contributed by atoms with Crippen LogP contribution in [0.25, 0.3) is 0 Å². The van der Waals surface area contributed by atoms with Crippen molar-refractivity contribution in [2.75, 3.05) is 26.3 Å². The molecule has 0 aromatic rings. The maximum absolute atomic E-state index is 11.7. The molecule has 0 bridgehead atoms. The Morgan fingerprint density at radius 3 is 1.43 bits per heavy atom. The number of nitrogens with zero attached hydrogens (tertiary/aromatic N) is 4. The van der Waals surface area contributed by atoms with Crippen molar-refractivity contribution in [2.24, 2.45) is 0 Å². The summed E-state index contributed by atoms with van der Waals surface area (Å²) in [5, 5.41) is 0. The Morgan fingerprint density at radius 2 is 1.06 bits per heavy atom. The summed E-state index contributed by atoms with van der Waals surface area (Å²) in [7, 11) is 0. The average molecular weight is 813 g/mol. The lowest BCUT2D eigenvalue weighted by Gasteiger charge is -2.10. The molecule has 0 atom stereocenters. The highest BCUT2D eigenvalue weighted by Crippen LogP contribution is 2.25. The third-order valence-corrected chi connectivity index (χ3v) is 5.84. The molecule has 0 aliphatic carbocycles. The second-order valence-corrected chi connectivity index (χ2v) is 9.40. The zero-order chi connectivity index (χ0) is 31.4. The first-order valence-electron chi connectivity index (χ1n) is 13.7. The van der Waals surface area contributed by atoms with Gasteiger partial charge in [0.1, 0.15) is 111 Å². The van der Waals surface area contributed by atoms with Gasteiger partial charge in [0.25, 0.3) is 0 Å². The molecule has 2 amide bonds. The largest absolute Gasteiger partial charge is 1.00 e. The maximum atomic E-state index is 11.7. The molecule has 0 N–H and O–H groups in total. The number of carbonyl (C=O) groups is 4. The first-order valence-corrected chi connectivity index (χ1v) is 13.7. The SMILES string of the molecule is CC(=O)CN1[C+]=CC(=C2C=[C+]N(CC(C)=O)C=C2)C=C1.CCOC(=O)N1[C+]=CC(=C2C=CN(C(=O)OCC)[C+]=C2C)C=C1.[Br-].[Br-].[Cl-].[Cl-].